The molecule has 0 aliphatic carbocycles. The van der Waals surface area contributed by atoms with Crippen LogP contribution < -0.4 is 5.32 Å². The van der Waals surface area contributed by atoms with Crippen molar-refractivity contribution in [1.29, 1.82) is 0 Å². The van der Waals surface area contributed by atoms with Gasteiger partial charge in [-0.05, 0) is 34.1 Å². The van der Waals surface area contributed by atoms with Crippen molar-refractivity contribution in [3.63, 3.8) is 0 Å². The van der Waals surface area contributed by atoms with E-state index < -0.39 is 28.9 Å². The maximum atomic E-state index is 13.7. The van der Waals surface area contributed by atoms with Gasteiger partial charge in [0.1, 0.15) is 5.82 Å². The maximum absolute atomic E-state index is 13.7. The molecule has 0 aliphatic heterocycles. The largest absolute Gasteiger partial charge is 0.478 e. The molecular weight excluding hydrogens is 357 g/mol. The fourth-order valence-corrected chi connectivity index (χ4v) is 2.21. The van der Waals surface area contributed by atoms with Crippen molar-refractivity contribution in [2.45, 2.75) is 0 Å². The Kier molecular flexibility index (Phi) is 4.20. The summed E-state index contributed by atoms with van der Waals surface area (Å²) in [5, 5.41) is 11.8. The van der Waals surface area contributed by atoms with Crippen LogP contribution in [0, 0.1) is 11.6 Å². The number of nitrogens with one attached hydrogen (secondary N) is 1. The Balaban J connectivity index is 2.52. The number of nitrogens with zero attached hydrogens (tertiary/aromatic N) is 1. The molecule has 0 saturated heterocycles. The van der Waals surface area contributed by atoms with E-state index in [-0.39, 0.29) is 5.82 Å². The smallest absolute Gasteiger partial charge is 0.337 e. The number of pyridine rings is 1. The molecule has 104 valence electrons. The van der Waals surface area contributed by atoms with Gasteiger partial charge in [-0.25, -0.2) is 18.6 Å². The fourth-order valence-electron chi connectivity index (χ4n) is 1.48. The number of aromatic carboxylic acids is 1. The van der Waals surface area contributed by atoms with Crippen LogP contribution in [-0.4, -0.2) is 16.1 Å². The van der Waals surface area contributed by atoms with Gasteiger partial charge < -0.3 is 10.4 Å². The Labute approximate surface area is 125 Å². The summed E-state index contributed by atoms with van der Waals surface area (Å²) in [6, 6.07) is 3.19. The molecule has 2 rings (SSSR count). The van der Waals surface area contributed by atoms with Gasteiger partial charge in [0.2, 0.25) is 0 Å². The zero-order valence-electron chi connectivity index (χ0n) is 9.62. The number of carboxylic acid groups (broad SMARTS) is 1. The Morgan fingerprint density at radius 1 is 1.40 bits per heavy atom. The van der Waals surface area contributed by atoms with Crippen LogP contribution in [0.4, 0.5) is 20.3 Å². The SMILES string of the molecule is O=C(O)c1ccc(F)c(F)c1Nc1ncc(Cl)cc1Br. The molecule has 0 bridgehead atoms. The number of carbonyl (C=O) groups is 1. The molecular formula is C12H6BrClF2N2O2. The zero-order valence-corrected chi connectivity index (χ0v) is 12.0. The van der Waals surface area contributed by atoms with E-state index in [9.17, 15) is 13.6 Å². The number of rotatable bonds is 3. The average molecular weight is 364 g/mol. The van der Waals surface area contributed by atoms with Crippen LogP contribution in [0.5, 0.6) is 0 Å². The van der Waals surface area contributed by atoms with E-state index >= 15 is 0 Å². The molecule has 0 amide bonds. The van der Waals surface area contributed by atoms with Crippen LogP contribution in [0.15, 0.2) is 28.9 Å². The minimum atomic E-state index is -1.39. The van der Waals surface area contributed by atoms with E-state index in [1.165, 1.54) is 12.3 Å². The Bertz CT molecular complexity index is 697. The molecule has 8 heteroatoms. The topological polar surface area (TPSA) is 62.2 Å². The molecule has 0 fully saturated rings. The molecule has 2 aromatic rings. The molecule has 0 spiro atoms. The highest BCUT2D eigenvalue weighted by molar-refractivity contribution is 9.10. The molecule has 0 atom stereocenters. The van der Waals surface area contributed by atoms with E-state index in [0.29, 0.717) is 9.50 Å². The van der Waals surface area contributed by atoms with Gasteiger partial charge in [-0.1, -0.05) is 11.6 Å². The molecule has 20 heavy (non-hydrogen) atoms. The van der Waals surface area contributed by atoms with Crippen LogP contribution in [0.25, 0.3) is 0 Å². The first-order valence-corrected chi connectivity index (χ1v) is 6.36. The second kappa shape index (κ2) is 5.72. The van der Waals surface area contributed by atoms with Crippen molar-refractivity contribution < 1.29 is 18.7 Å². The zero-order chi connectivity index (χ0) is 14.9. The molecule has 0 unspecified atom stereocenters. The third-order valence-corrected chi connectivity index (χ3v) is 3.19. The van der Waals surface area contributed by atoms with E-state index in [1.807, 2.05) is 0 Å². The highest BCUT2D eigenvalue weighted by atomic mass is 79.9. The summed E-state index contributed by atoms with van der Waals surface area (Å²) in [7, 11) is 0. The van der Waals surface area contributed by atoms with E-state index in [4.69, 9.17) is 16.7 Å². The minimum absolute atomic E-state index is 0.112. The lowest BCUT2D eigenvalue weighted by Gasteiger charge is -2.11. The van der Waals surface area contributed by atoms with Crippen molar-refractivity contribution in [3.8, 4) is 0 Å². The first-order valence-electron chi connectivity index (χ1n) is 5.19. The predicted molar refractivity (Wildman–Crippen MR) is 73.5 cm³/mol. The summed E-state index contributed by atoms with van der Waals surface area (Å²) >= 11 is 8.85. The third kappa shape index (κ3) is 2.88. The van der Waals surface area contributed by atoms with Gasteiger partial charge in [0, 0.05) is 6.20 Å². The Morgan fingerprint density at radius 3 is 2.70 bits per heavy atom. The molecule has 1 aromatic carbocycles. The van der Waals surface area contributed by atoms with Crippen LogP contribution in [0.1, 0.15) is 10.4 Å². The lowest BCUT2D eigenvalue weighted by molar-refractivity contribution is 0.0697. The number of carboxylic acids is 1. The second-order valence-electron chi connectivity index (χ2n) is 3.70. The first-order chi connectivity index (χ1) is 9.40. The minimum Gasteiger partial charge on any atom is -0.478 e. The number of hydrogen-bond acceptors (Lipinski definition) is 3. The van der Waals surface area contributed by atoms with Crippen LogP contribution in [-0.2, 0) is 0 Å². The molecule has 0 radical (unpaired) electrons. The molecule has 0 aliphatic rings. The summed E-state index contributed by atoms with van der Waals surface area (Å²) in [5.41, 5.74) is -0.916. The molecule has 1 aromatic heterocycles. The maximum Gasteiger partial charge on any atom is 0.337 e. The molecule has 1 heterocycles. The molecule has 0 saturated carbocycles. The van der Waals surface area contributed by atoms with Crippen LogP contribution >= 0.6 is 27.5 Å². The molecule has 2 N–H and O–H groups in total. The van der Waals surface area contributed by atoms with Crippen molar-refractivity contribution in [2.75, 3.05) is 5.32 Å². The van der Waals surface area contributed by atoms with Crippen LogP contribution in [0.2, 0.25) is 5.02 Å². The van der Waals surface area contributed by atoms with E-state index in [2.05, 4.69) is 26.2 Å². The predicted octanol–water partition coefficient (Wildman–Crippen LogP) is 4.22. The van der Waals surface area contributed by atoms with Gasteiger partial charge in [0.25, 0.3) is 0 Å². The summed E-state index contributed by atoms with van der Waals surface area (Å²) in [4.78, 5) is 14.9. The summed E-state index contributed by atoms with van der Waals surface area (Å²) in [6.45, 7) is 0. The lowest BCUT2D eigenvalue weighted by atomic mass is 10.1. The number of halogens is 4. The van der Waals surface area contributed by atoms with Gasteiger partial charge in [-0.2, -0.15) is 0 Å². The van der Waals surface area contributed by atoms with Gasteiger partial charge in [0.05, 0.1) is 20.7 Å². The lowest BCUT2D eigenvalue weighted by Crippen LogP contribution is -2.07. The second-order valence-corrected chi connectivity index (χ2v) is 4.99. The van der Waals surface area contributed by atoms with Gasteiger partial charge >= 0.3 is 5.97 Å². The van der Waals surface area contributed by atoms with Gasteiger partial charge in [-0.15, -0.1) is 0 Å². The monoisotopic (exact) mass is 362 g/mol. The number of aromatic nitrogens is 1. The van der Waals surface area contributed by atoms with Crippen molar-refractivity contribution >= 4 is 45.0 Å². The normalized spacial score (nSPS) is 10.4. The summed E-state index contributed by atoms with van der Waals surface area (Å²) in [5.74, 6) is -3.74. The third-order valence-electron chi connectivity index (χ3n) is 2.38. The van der Waals surface area contributed by atoms with Gasteiger partial charge in [-0.3, -0.25) is 0 Å². The Hall–Kier alpha value is -1.73. The van der Waals surface area contributed by atoms with Crippen molar-refractivity contribution in [3.05, 3.63) is 51.1 Å². The van der Waals surface area contributed by atoms with E-state index in [0.717, 1.165) is 12.1 Å². The Morgan fingerprint density at radius 2 is 2.10 bits per heavy atom. The first kappa shape index (κ1) is 14.7. The summed E-state index contributed by atoms with van der Waals surface area (Å²) in [6.07, 6.45) is 1.28. The quantitative estimate of drug-likeness (QED) is 0.857. The van der Waals surface area contributed by atoms with Gasteiger partial charge in [0.15, 0.2) is 11.6 Å². The van der Waals surface area contributed by atoms with Crippen molar-refractivity contribution in [1.82, 2.24) is 4.98 Å². The number of benzene rings is 1. The standard InChI is InChI=1S/C12H6BrClF2N2O2/c13-7-3-5(14)4-17-11(7)18-10-6(12(19)20)1-2-8(15)9(10)16/h1-4H,(H,17,18)(H,19,20). The highest BCUT2D eigenvalue weighted by Gasteiger charge is 2.19. The average Bonchev–Trinajstić information content (AvgIpc) is 2.37. The van der Waals surface area contributed by atoms with E-state index in [1.54, 1.807) is 0 Å². The van der Waals surface area contributed by atoms with Crippen molar-refractivity contribution in [2.24, 2.45) is 0 Å². The fraction of sp³-hybridized carbons (Fsp3) is 0. The highest BCUT2D eigenvalue weighted by Crippen LogP contribution is 2.30. The number of anilines is 2. The summed E-state index contributed by atoms with van der Waals surface area (Å²) < 4.78 is 27.4. The number of hydrogen-bond donors (Lipinski definition) is 2. The molecule has 4 nitrogen and oxygen atoms in total. The van der Waals surface area contributed by atoms with Crippen LogP contribution in [0.3, 0.4) is 0 Å².